The molecule has 1 aromatic carbocycles. The number of aromatic hydroxyl groups is 1. The lowest BCUT2D eigenvalue weighted by Crippen LogP contribution is -1.96. The number of phenols is 1. The number of carbonyl (C=O) groups is 1. The second kappa shape index (κ2) is 3.31. The molecule has 0 spiro atoms. The summed E-state index contributed by atoms with van der Waals surface area (Å²) in [6.07, 6.45) is 0. The number of carboxylic acid groups (broad SMARTS) is 1. The van der Waals surface area contributed by atoms with Gasteiger partial charge in [-0.05, 0) is 30.7 Å². The van der Waals surface area contributed by atoms with E-state index < -0.39 is 5.97 Å². The Morgan fingerprint density at radius 2 is 1.85 bits per heavy atom. The quantitative estimate of drug-likeness (QED) is 0.729. The third-order valence-corrected chi connectivity index (χ3v) is 1.66. The van der Waals surface area contributed by atoms with Crippen molar-refractivity contribution in [2.24, 2.45) is 0 Å². The highest BCUT2D eigenvalue weighted by Crippen LogP contribution is 2.20. The highest BCUT2D eigenvalue weighted by atomic mass is 16.4. The zero-order chi connectivity index (χ0) is 10.0. The Morgan fingerprint density at radius 1 is 1.31 bits per heavy atom. The summed E-state index contributed by atoms with van der Waals surface area (Å²) in [5.74, 6) is -1.11. The Hall–Kier alpha value is -1.77. The zero-order valence-electron chi connectivity index (χ0n) is 7.24. The summed E-state index contributed by atoms with van der Waals surface area (Å²) in [6, 6.07) is 4.16. The summed E-state index contributed by atoms with van der Waals surface area (Å²) in [4.78, 5) is 10.6. The van der Waals surface area contributed by atoms with Crippen LogP contribution in [0.25, 0.3) is 5.57 Å². The molecule has 0 amide bonds. The number of aromatic carboxylic acids is 1. The van der Waals surface area contributed by atoms with Crippen LogP contribution in [0.1, 0.15) is 22.8 Å². The minimum Gasteiger partial charge on any atom is -0.508 e. The van der Waals surface area contributed by atoms with Crippen LogP contribution in [0.4, 0.5) is 0 Å². The molecule has 0 saturated heterocycles. The number of phenolic OH excluding ortho intramolecular Hbond substituents is 1. The van der Waals surface area contributed by atoms with Gasteiger partial charge in [0.15, 0.2) is 0 Å². The minimum absolute atomic E-state index is 0.0575. The first-order valence-electron chi connectivity index (χ1n) is 3.74. The molecule has 0 aliphatic rings. The molecule has 3 nitrogen and oxygen atoms in total. The monoisotopic (exact) mass is 178 g/mol. The van der Waals surface area contributed by atoms with Crippen molar-refractivity contribution in [3.8, 4) is 5.75 Å². The van der Waals surface area contributed by atoms with E-state index in [0.29, 0.717) is 5.56 Å². The van der Waals surface area contributed by atoms with Crippen LogP contribution >= 0.6 is 0 Å². The third kappa shape index (κ3) is 2.08. The molecule has 0 aliphatic carbocycles. The fourth-order valence-corrected chi connectivity index (χ4v) is 0.981. The van der Waals surface area contributed by atoms with E-state index >= 15 is 0 Å². The molecule has 3 heteroatoms. The number of carboxylic acids is 1. The summed E-state index contributed by atoms with van der Waals surface area (Å²) in [7, 11) is 0. The van der Waals surface area contributed by atoms with Crippen molar-refractivity contribution >= 4 is 11.5 Å². The van der Waals surface area contributed by atoms with Gasteiger partial charge in [-0.1, -0.05) is 12.2 Å². The molecule has 68 valence electrons. The van der Waals surface area contributed by atoms with Crippen LogP contribution in [0.2, 0.25) is 0 Å². The lowest BCUT2D eigenvalue weighted by Gasteiger charge is -2.02. The molecule has 0 radical (unpaired) electrons. The average molecular weight is 178 g/mol. The molecule has 1 rings (SSSR count). The SMILES string of the molecule is C=C(C)c1cc(O)cc(C(=O)O)c1. The van der Waals surface area contributed by atoms with Gasteiger partial charge >= 0.3 is 5.97 Å². The maximum atomic E-state index is 10.6. The predicted octanol–water partition coefficient (Wildman–Crippen LogP) is 2.12. The normalized spacial score (nSPS) is 9.62. The van der Waals surface area contributed by atoms with Crippen molar-refractivity contribution in [3.63, 3.8) is 0 Å². The standard InChI is InChI=1S/C10H10O3/c1-6(2)7-3-8(10(12)13)5-9(11)4-7/h3-5,11H,1H2,2H3,(H,12,13). The van der Waals surface area contributed by atoms with Crippen LogP contribution in [-0.4, -0.2) is 16.2 Å². The van der Waals surface area contributed by atoms with Gasteiger partial charge in [0.2, 0.25) is 0 Å². The van der Waals surface area contributed by atoms with Crippen LogP contribution in [0.3, 0.4) is 0 Å². The second-order valence-corrected chi connectivity index (χ2v) is 2.85. The molecule has 0 unspecified atom stereocenters. The van der Waals surface area contributed by atoms with Gasteiger partial charge in [0.1, 0.15) is 5.75 Å². The molecule has 0 aromatic heterocycles. The van der Waals surface area contributed by atoms with E-state index in [1.54, 1.807) is 6.92 Å². The van der Waals surface area contributed by atoms with Crippen molar-refractivity contribution in [1.29, 1.82) is 0 Å². The van der Waals surface area contributed by atoms with Gasteiger partial charge < -0.3 is 10.2 Å². The van der Waals surface area contributed by atoms with Gasteiger partial charge in [0, 0.05) is 0 Å². The van der Waals surface area contributed by atoms with Gasteiger partial charge in [-0.3, -0.25) is 0 Å². The van der Waals surface area contributed by atoms with Crippen molar-refractivity contribution in [2.75, 3.05) is 0 Å². The molecule has 1 aromatic rings. The smallest absolute Gasteiger partial charge is 0.335 e. The van der Waals surface area contributed by atoms with Crippen LogP contribution in [0.5, 0.6) is 5.75 Å². The second-order valence-electron chi connectivity index (χ2n) is 2.85. The first kappa shape index (κ1) is 9.32. The van der Waals surface area contributed by atoms with Gasteiger partial charge in [-0.2, -0.15) is 0 Å². The lowest BCUT2D eigenvalue weighted by atomic mass is 10.1. The summed E-state index contributed by atoms with van der Waals surface area (Å²) < 4.78 is 0. The summed E-state index contributed by atoms with van der Waals surface area (Å²) in [6.45, 7) is 5.41. The lowest BCUT2D eigenvalue weighted by molar-refractivity contribution is 0.0696. The van der Waals surface area contributed by atoms with Crippen molar-refractivity contribution in [3.05, 3.63) is 35.9 Å². The maximum Gasteiger partial charge on any atom is 0.335 e. The highest BCUT2D eigenvalue weighted by molar-refractivity contribution is 5.89. The zero-order valence-corrected chi connectivity index (χ0v) is 7.24. The molecule has 2 N–H and O–H groups in total. The van der Waals surface area contributed by atoms with Gasteiger partial charge in [0.05, 0.1) is 5.56 Å². The van der Waals surface area contributed by atoms with E-state index in [0.717, 1.165) is 5.57 Å². The summed E-state index contributed by atoms with van der Waals surface area (Å²) >= 11 is 0. The predicted molar refractivity (Wildman–Crippen MR) is 49.8 cm³/mol. The topological polar surface area (TPSA) is 57.5 Å². The van der Waals surface area contributed by atoms with Gasteiger partial charge in [-0.15, -0.1) is 0 Å². The Morgan fingerprint density at radius 3 is 2.31 bits per heavy atom. The average Bonchev–Trinajstić information content (AvgIpc) is 2.03. The highest BCUT2D eigenvalue weighted by Gasteiger charge is 2.06. The number of rotatable bonds is 2. The number of benzene rings is 1. The molecule has 0 heterocycles. The van der Waals surface area contributed by atoms with Crippen molar-refractivity contribution in [2.45, 2.75) is 6.92 Å². The Bertz CT molecular complexity index is 334. The molecular formula is C10H10O3. The van der Waals surface area contributed by atoms with Crippen LogP contribution in [0, 0.1) is 0 Å². The molecule has 13 heavy (non-hydrogen) atoms. The van der Waals surface area contributed by atoms with E-state index in [4.69, 9.17) is 5.11 Å². The minimum atomic E-state index is -1.06. The molecule has 0 bridgehead atoms. The van der Waals surface area contributed by atoms with E-state index in [9.17, 15) is 9.90 Å². The van der Waals surface area contributed by atoms with E-state index in [1.165, 1.54) is 18.2 Å². The van der Waals surface area contributed by atoms with E-state index in [-0.39, 0.29) is 11.3 Å². The van der Waals surface area contributed by atoms with Crippen LogP contribution < -0.4 is 0 Å². The number of hydrogen-bond acceptors (Lipinski definition) is 2. The van der Waals surface area contributed by atoms with Gasteiger partial charge in [0.25, 0.3) is 0 Å². The first-order valence-corrected chi connectivity index (χ1v) is 3.74. The van der Waals surface area contributed by atoms with E-state index in [2.05, 4.69) is 6.58 Å². The Kier molecular flexibility index (Phi) is 2.37. The first-order chi connectivity index (χ1) is 6.00. The van der Waals surface area contributed by atoms with Crippen LogP contribution in [0.15, 0.2) is 24.8 Å². The number of hydrogen-bond donors (Lipinski definition) is 2. The third-order valence-electron chi connectivity index (χ3n) is 1.66. The Balaban J connectivity index is 3.26. The van der Waals surface area contributed by atoms with Gasteiger partial charge in [-0.25, -0.2) is 4.79 Å². The van der Waals surface area contributed by atoms with Crippen molar-refractivity contribution in [1.82, 2.24) is 0 Å². The Labute approximate surface area is 76.0 Å². The largest absolute Gasteiger partial charge is 0.508 e. The maximum absolute atomic E-state index is 10.6. The molecular weight excluding hydrogens is 168 g/mol. The fraction of sp³-hybridized carbons (Fsp3) is 0.100. The van der Waals surface area contributed by atoms with Crippen LogP contribution in [-0.2, 0) is 0 Å². The van der Waals surface area contributed by atoms with E-state index in [1.807, 2.05) is 0 Å². The summed E-state index contributed by atoms with van der Waals surface area (Å²) in [5.41, 5.74) is 1.42. The fourth-order valence-electron chi connectivity index (χ4n) is 0.981. The molecule has 0 saturated carbocycles. The molecule has 0 atom stereocenters. The number of allylic oxidation sites excluding steroid dienone is 1. The molecule has 0 aliphatic heterocycles. The molecule has 0 fully saturated rings. The summed E-state index contributed by atoms with van der Waals surface area (Å²) in [5, 5.41) is 17.9. The van der Waals surface area contributed by atoms with Crippen molar-refractivity contribution < 1.29 is 15.0 Å².